The monoisotopic (exact) mass is 332 g/mol. The molecule has 0 aliphatic carbocycles. The van der Waals surface area contributed by atoms with Crippen LogP contribution in [0.25, 0.3) is 0 Å². The first-order valence-electron chi connectivity index (χ1n) is 4.50. The van der Waals surface area contributed by atoms with Crippen LogP contribution in [0.3, 0.4) is 0 Å². The predicted octanol–water partition coefficient (Wildman–Crippen LogP) is 2.11. The highest BCUT2D eigenvalue weighted by Gasteiger charge is 2.58. The van der Waals surface area contributed by atoms with Gasteiger partial charge in [0, 0.05) is 16.6 Å². The van der Waals surface area contributed by atoms with Gasteiger partial charge < -0.3 is 19.8 Å². The SMILES string of the molecule is CP(=O)(O)C(O)(Sc1ccc(Cl)cc1)P(=O)(O)O. The van der Waals surface area contributed by atoms with E-state index in [1.54, 1.807) is 0 Å². The average Bonchev–Trinajstić information content (AvgIpc) is 2.18. The number of hydrogen-bond acceptors (Lipinski definition) is 4. The highest BCUT2D eigenvalue weighted by atomic mass is 35.5. The zero-order chi connectivity index (χ0) is 14.2. The van der Waals surface area contributed by atoms with Crippen molar-refractivity contribution in [3.8, 4) is 0 Å². The molecule has 4 N–H and O–H groups in total. The van der Waals surface area contributed by atoms with Crippen LogP contribution in [0.2, 0.25) is 5.02 Å². The molecule has 6 nitrogen and oxygen atoms in total. The van der Waals surface area contributed by atoms with Gasteiger partial charge in [-0.15, -0.1) is 0 Å². The zero-order valence-corrected chi connectivity index (χ0v) is 12.5. The Morgan fingerprint density at radius 2 is 1.61 bits per heavy atom. The Bertz CT molecular complexity index is 499. The van der Waals surface area contributed by atoms with E-state index in [1.807, 2.05) is 0 Å². The molecule has 10 heteroatoms. The first-order chi connectivity index (χ1) is 7.97. The second kappa shape index (κ2) is 5.27. The van der Waals surface area contributed by atoms with E-state index in [2.05, 4.69) is 0 Å². The Morgan fingerprint density at radius 1 is 1.17 bits per heavy atom. The summed E-state index contributed by atoms with van der Waals surface area (Å²) < 4.78 is 19.7. The van der Waals surface area contributed by atoms with Gasteiger partial charge in [0.2, 0.25) is 0 Å². The molecule has 102 valence electrons. The summed E-state index contributed by atoms with van der Waals surface area (Å²) in [7, 11) is -9.68. The molecular weight excluding hydrogens is 322 g/mol. The molecule has 1 aromatic carbocycles. The predicted molar refractivity (Wildman–Crippen MR) is 70.1 cm³/mol. The van der Waals surface area contributed by atoms with Crippen molar-refractivity contribution in [1.82, 2.24) is 0 Å². The van der Waals surface area contributed by atoms with Crippen LogP contribution in [-0.4, -0.2) is 30.9 Å². The average molecular weight is 333 g/mol. The summed E-state index contributed by atoms with van der Waals surface area (Å²) in [5, 5.41) is 10.3. The van der Waals surface area contributed by atoms with Crippen LogP contribution in [0.1, 0.15) is 0 Å². The van der Waals surface area contributed by atoms with Gasteiger partial charge in [0.25, 0.3) is 11.8 Å². The van der Waals surface area contributed by atoms with Crippen LogP contribution in [0, 0.1) is 0 Å². The van der Waals surface area contributed by atoms with Crippen molar-refractivity contribution < 1.29 is 28.9 Å². The number of rotatable bonds is 4. The molecule has 0 radical (unpaired) electrons. The number of aliphatic hydroxyl groups is 1. The van der Waals surface area contributed by atoms with E-state index in [0.717, 1.165) is 0 Å². The lowest BCUT2D eigenvalue weighted by Crippen LogP contribution is -2.23. The van der Waals surface area contributed by atoms with Crippen molar-refractivity contribution in [3.05, 3.63) is 29.3 Å². The molecule has 0 amide bonds. The fraction of sp³-hybridized carbons (Fsp3) is 0.250. The van der Waals surface area contributed by atoms with Gasteiger partial charge in [-0.2, -0.15) is 0 Å². The minimum absolute atomic E-state index is 0.210. The van der Waals surface area contributed by atoms with Gasteiger partial charge in [0.1, 0.15) is 0 Å². The highest BCUT2D eigenvalue weighted by molar-refractivity contribution is 8.13. The normalized spacial score (nSPS) is 19.0. The molecule has 0 fully saturated rings. The zero-order valence-electron chi connectivity index (χ0n) is 9.10. The summed E-state index contributed by atoms with van der Waals surface area (Å²) in [5.41, 5.74) is 0. The topological polar surface area (TPSA) is 115 Å². The summed E-state index contributed by atoms with van der Waals surface area (Å²) in [6.45, 7) is 0.689. The second-order valence-corrected chi connectivity index (χ2v) is 10.4. The third-order valence-corrected chi connectivity index (χ3v) is 9.03. The van der Waals surface area contributed by atoms with Crippen LogP contribution in [0.4, 0.5) is 0 Å². The minimum Gasteiger partial charge on any atom is -0.361 e. The maximum absolute atomic E-state index is 11.5. The molecule has 0 saturated heterocycles. The highest BCUT2D eigenvalue weighted by Crippen LogP contribution is 2.73. The number of benzene rings is 1. The minimum atomic E-state index is -5.21. The molecule has 2 unspecified atom stereocenters. The van der Waals surface area contributed by atoms with Gasteiger partial charge in [-0.1, -0.05) is 23.4 Å². The van der Waals surface area contributed by atoms with E-state index >= 15 is 0 Å². The van der Waals surface area contributed by atoms with Gasteiger partial charge in [0.05, 0.1) is 0 Å². The summed E-state index contributed by atoms with van der Waals surface area (Å²) in [5.74, 6) is 0. The Balaban J connectivity index is 3.20. The molecule has 0 heterocycles. The second-order valence-electron chi connectivity index (χ2n) is 3.55. The van der Waals surface area contributed by atoms with Gasteiger partial charge in [-0.25, -0.2) is 0 Å². The smallest absolute Gasteiger partial charge is 0.361 e. The fourth-order valence-corrected chi connectivity index (χ4v) is 5.48. The van der Waals surface area contributed by atoms with E-state index in [9.17, 15) is 19.1 Å². The molecule has 0 aliphatic heterocycles. The third-order valence-electron chi connectivity index (χ3n) is 1.99. The molecule has 0 aliphatic rings. The summed E-state index contributed by atoms with van der Waals surface area (Å²) in [4.78, 5) is 27.7. The Hall–Kier alpha value is 0.160. The fourth-order valence-electron chi connectivity index (χ4n) is 1.05. The molecular formula is C8H11ClO6P2S. The number of hydrogen-bond donors (Lipinski definition) is 4. The Kier molecular flexibility index (Phi) is 4.75. The van der Waals surface area contributed by atoms with Crippen molar-refractivity contribution in [2.45, 2.75) is 9.31 Å². The summed E-state index contributed by atoms with van der Waals surface area (Å²) in [6, 6.07) is 5.62. The van der Waals surface area contributed by atoms with Crippen molar-refractivity contribution >= 4 is 38.3 Å². The molecule has 0 bridgehead atoms. The lowest BCUT2D eigenvalue weighted by atomic mass is 10.4. The standard InChI is InChI=1S/C8H11ClO6P2S/c1-16(11,12)8(10,17(13,14)15)18-7-4-2-6(9)3-5-7/h2-5,10H,1H3,(H,11,12)(H2,13,14,15). The van der Waals surface area contributed by atoms with Crippen LogP contribution in [0.15, 0.2) is 29.2 Å². The van der Waals surface area contributed by atoms with E-state index in [4.69, 9.17) is 21.4 Å². The van der Waals surface area contributed by atoms with Gasteiger partial charge in [0.15, 0.2) is 0 Å². The lowest BCUT2D eigenvalue weighted by Gasteiger charge is -2.29. The quantitative estimate of drug-likeness (QED) is 0.379. The van der Waals surface area contributed by atoms with Crippen molar-refractivity contribution in [2.75, 3.05) is 6.66 Å². The molecule has 18 heavy (non-hydrogen) atoms. The molecule has 2 atom stereocenters. The van der Waals surface area contributed by atoms with Crippen molar-refractivity contribution in [2.24, 2.45) is 0 Å². The summed E-state index contributed by atoms with van der Waals surface area (Å²) >= 11 is 5.87. The van der Waals surface area contributed by atoms with E-state index in [1.165, 1.54) is 24.3 Å². The Morgan fingerprint density at radius 3 is 1.94 bits per heavy atom. The number of thioether (sulfide) groups is 1. The van der Waals surface area contributed by atoms with Crippen LogP contribution < -0.4 is 0 Å². The molecule has 1 aromatic rings. The summed E-state index contributed by atoms with van der Waals surface area (Å²) in [6.07, 6.45) is 0. The maximum atomic E-state index is 11.5. The van der Waals surface area contributed by atoms with E-state index in [-0.39, 0.29) is 16.7 Å². The molecule has 0 aromatic heterocycles. The van der Waals surface area contributed by atoms with Gasteiger partial charge >= 0.3 is 7.60 Å². The Labute approximate surface area is 113 Å². The van der Waals surface area contributed by atoms with Crippen LogP contribution in [0.5, 0.6) is 0 Å². The number of halogens is 1. The van der Waals surface area contributed by atoms with E-state index < -0.39 is 19.4 Å². The first kappa shape index (κ1) is 16.2. The molecule has 0 spiro atoms. The van der Waals surface area contributed by atoms with Crippen LogP contribution >= 0.6 is 38.3 Å². The molecule has 1 rings (SSSR count). The maximum Gasteiger partial charge on any atom is 0.377 e. The van der Waals surface area contributed by atoms with Gasteiger partial charge in [-0.05, 0) is 24.3 Å². The van der Waals surface area contributed by atoms with Crippen LogP contribution in [-0.2, 0) is 9.13 Å². The molecule has 0 saturated carbocycles. The van der Waals surface area contributed by atoms with Gasteiger partial charge in [-0.3, -0.25) is 9.13 Å². The lowest BCUT2D eigenvalue weighted by molar-refractivity contribution is 0.220. The van der Waals surface area contributed by atoms with Crippen molar-refractivity contribution in [3.63, 3.8) is 0 Å². The third kappa shape index (κ3) is 3.38. The first-order valence-corrected chi connectivity index (χ1v) is 9.42. The van der Waals surface area contributed by atoms with E-state index in [0.29, 0.717) is 11.7 Å². The van der Waals surface area contributed by atoms with Crippen molar-refractivity contribution in [1.29, 1.82) is 0 Å². The largest absolute Gasteiger partial charge is 0.377 e.